The third kappa shape index (κ3) is 6.30. The monoisotopic (exact) mass is 509 g/mol. The quantitative estimate of drug-likeness (QED) is 0.368. The van der Waals surface area contributed by atoms with Crippen molar-refractivity contribution in [2.24, 2.45) is 0 Å². The van der Waals surface area contributed by atoms with Crippen LogP contribution in [0.3, 0.4) is 0 Å². The molecule has 1 heterocycles. The molecule has 0 unspecified atom stereocenters. The third-order valence-electron chi connectivity index (χ3n) is 5.50. The fraction of sp³-hybridized carbons (Fsp3) is 0.360. The Hall–Kier alpha value is -2.58. The van der Waals surface area contributed by atoms with Crippen LogP contribution in [-0.4, -0.2) is 22.3 Å². The van der Waals surface area contributed by atoms with Crippen molar-refractivity contribution in [2.45, 2.75) is 52.3 Å². The molecule has 0 atom stereocenters. The number of thiazole rings is 1. The van der Waals surface area contributed by atoms with Gasteiger partial charge in [0.15, 0.2) is 0 Å². The van der Waals surface area contributed by atoms with Gasteiger partial charge in [0, 0.05) is 33.6 Å². The van der Waals surface area contributed by atoms with Gasteiger partial charge in [-0.1, -0.05) is 50.6 Å². The average molecular weight is 510 g/mol. The van der Waals surface area contributed by atoms with Gasteiger partial charge in [-0.15, -0.1) is 11.3 Å². The number of anilines is 1. The summed E-state index contributed by atoms with van der Waals surface area (Å²) in [6.45, 7) is 8.34. The van der Waals surface area contributed by atoms with Crippen molar-refractivity contribution in [1.82, 2.24) is 9.88 Å². The van der Waals surface area contributed by atoms with Crippen LogP contribution < -0.4 is 5.73 Å². The van der Waals surface area contributed by atoms with Gasteiger partial charge < -0.3 is 10.6 Å². The molecule has 4 nitrogen and oxygen atoms in total. The summed E-state index contributed by atoms with van der Waals surface area (Å²) in [6, 6.07) is 8.30. The van der Waals surface area contributed by atoms with Crippen LogP contribution in [0.15, 0.2) is 41.8 Å². The van der Waals surface area contributed by atoms with E-state index in [0.717, 1.165) is 22.8 Å². The van der Waals surface area contributed by atoms with Crippen molar-refractivity contribution >= 4 is 34.5 Å². The molecule has 0 saturated carbocycles. The van der Waals surface area contributed by atoms with Gasteiger partial charge in [-0.05, 0) is 42.7 Å². The van der Waals surface area contributed by atoms with Crippen LogP contribution in [0.25, 0.3) is 0 Å². The second-order valence-electron chi connectivity index (χ2n) is 9.22. The van der Waals surface area contributed by atoms with Crippen LogP contribution >= 0.6 is 22.9 Å². The van der Waals surface area contributed by atoms with Gasteiger partial charge >= 0.3 is 6.18 Å². The van der Waals surface area contributed by atoms with E-state index in [-0.39, 0.29) is 30.8 Å². The summed E-state index contributed by atoms with van der Waals surface area (Å²) < 4.78 is 39.4. The summed E-state index contributed by atoms with van der Waals surface area (Å²) in [5.41, 5.74) is 7.94. The number of benzene rings is 2. The topological polar surface area (TPSA) is 59.2 Å². The minimum atomic E-state index is -4.43. The Balaban J connectivity index is 1.91. The fourth-order valence-corrected chi connectivity index (χ4v) is 4.67. The van der Waals surface area contributed by atoms with Gasteiger partial charge in [0.1, 0.15) is 5.01 Å². The maximum absolute atomic E-state index is 13.5. The SMILES string of the molecule is Cc1c(N)cc(Cl)cc1C(=O)N(CCc1cccc(C(F)(F)F)c1)Cc1nc(C(C)(C)C)cs1. The van der Waals surface area contributed by atoms with Crippen LogP contribution in [0, 0.1) is 6.92 Å². The Morgan fingerprint density at radius 2 is 1.88 bits per heavy atom. The number of hydrogen-bond donors (Lipinski definition) is 1. The van der Waals surface area contributed by atoms with Gasteiger partial charge in [-0.25, -0.2) is 4.98 Å². The highest BCUT2D eigenvalue weighted by Gasteiger charge is 2.30. The first-order valence-electron chi connectivity index (χ1n) is 10.7. The molecule has 3 aromatic rings. The molecule has 0 aliphatic heterocycles. The molecule has 0 bridgehead atoms. The molecule has 2 aromatic carbocycles. The van der Waals surface area contributed by atoms with Crippen molar-refractivity contribution in [3.05, 3.63) is 79.8 Å². The molecule has 0 fully saturated rings. The molecule has 3 rings (SSSR count). The fourth-order valence-electron chi connectivity index (χ4n) is 3.40. The lowest BCUT2D eigenvalue weighted by atomic mass is 9.93. The second kappa shape index (κ2) is 9.96. The average Bonchev–Trinajstić information content (AvgIpc) is 3.22. The summed E-state index contributed by atoms with van der Waals surface area (Å²) in [6.07, 6.45) is -4.17. The standard InChI is InChI=1S/C25H27ClF3N3OS/c1-15-19(11-18(26)12-20(15)30)23(33)32(13-22-31-21(14-34-22)24(2,3)4)9-8-16-6-5-7-17(10-16)25(27,28)29/h5-7,10-12,14H,8-9,13,30H2,1-4H3. The molecule has 0 radical (unpaired) electrons. The summed E-state index contributed by atoms with van der Waals surface area (Å²) in [7, 11) is 0. The summed E-state index contributed by atoms with van der Waals surface area (Å²) >= 11 is 7.60. The number of aromatic nitrogens is 1. The van der Waals surface area contributed by atoms with E-state index in [4.69, 9.17) is 17.3 Å². The number of nitrogens with two attached hydrogens (primary N) is 1. The van der Waals surface area contributed by atoms with Crippen molar-refractivity contribution in [1.29, 1.82) is 0 Å². The van der Waals surface area contributed by atoms with Gasteiger partial charge in [0.25, 0.3) is 5.91 Å². The second-order valence-corrected chi connectivity index (χ2v) is 10.6. The first-order chi connectivity index (χ1) is 15.8. The molecule has 0 saturated heterocycles. The van der Waals surface area contributed by atoms with Gasteiger partial charge in [0.05, 0.1) is 17.8 Å². The van der Waals surface area contributed by atoms with E-state index in [9.17, 15) is 18.0 Å². The number of rotatable bonds is 6. The zero-order valence-corrected chi connectivity index (χ0v) is 21.0. The molecule has 2 N–H and O–H groups in total. The smallest absolute Gasteiger partial charge is 0.398 e. The summed E-state index contributed by atoms with van der Waals surface area (Å²) in [5, 5.41) is 3.05. The van der Waals surface area contributed by atoms with E-state index < -0.39 is 11.7 Å². The number of hydrogen-bond acceptors (Lipinski definition) is 4. The first kappa shape index (κ1) is 26.0. The minimum absolute atomic E-state index is 0.139. The minimum Gasteiger partial charge on any atom is -0.398 e. The molecule has 9 heteroatoms. The highest BCUT2D eigenvalue weighted by Crippen LogP contribution is 2.30. The number of carbonyl (C=O) groups is 1. The number of halogens is 4. The first-order valence-corrected chi connectivity index (χ1v) is 12.0. The van der Waals surface area contributed by atoms with Crippen molar-refractivity contribution in [2.75, 3.05) is 12.3 Å². The Morgan fingerprint density at radius 1 is 1.18 bits per heavy atom. The lowest BCUT2D eigenvalue weighted by molar-refractivity contribution is -0.137. The predicted molar refractivity (Wildman–Crippen MR) is 131 cm³/mol. The van der Waals surface area contributed by atoms with E-state index in [1.54, 1.807) is 30.0 Å². The Labute approximate surface area is 206 Å². The molecular weight excluding hydrogens is 483 g/mol. The molecule has 0 aliphatic carbocycles. The Bertz CT molecular complexity index is 1180. The van der Waals surface area contributed by atoms with E-state index >= 15 is 0 Å². The zero-order chi connectivity index (χ0) is 25.3. The van der Waals surface area contributed by atoms with Gasteiger partial charge in [-0.2, -0.15) is 13.2 Å². The molecule has 0 spiro atoms. The number of carbonyl (C=O) groups excluding carboxylic acids is 1. The van der Waals surface area contributed by atoms with E-state index in [0.29, 0.717) is 27.4 Å². The maximum atomic E-state index is 13.5. The van der Waals surface area contributed by atoms with Crippen molar-refractivity contribution in [3.8, 4) is 0 Å². The van der Waals surface area contributed by atoms with Crippen LogP contribution in [-0.2, 0) is 24.6 Å². The highest BCUT2D eigenvalue weighted by atomic mass is 35.5. The normalized spacial score (nSPS) is 12.1. The molecule has 1 aromatic heterocycles. The zero-order valence-electron chi connectivity index (χ0n) is 19.5. The highest BCUT2D eigenvalue weighted by molar-refractivity contribution is 7.09. The molecule has 1 amide bonds. The number of nitrogen functional groups attached to an aromatic ring is 1. The van der Waals surface area contributed by atoms with Crippen LogP contribution in [0.2, 0.25) is 5.02 Å². The summed E-state index contributed by atoms with van der Waals surface area (Å²) in [5.74, 6) is -0.300. The number of nitrogens with zero attached hydrogens (tertiary/aromatic N) is 2. The van der Waals surface area contributed by atoms with E-state index in [1.807, 2.05) is 5.38 Å². The van der Waals surface area contributed by atoms with Crippen LogP contribution in [0.4, 0.5) is 18.9 Å². The van der Waals surface area contributed by atoms with Crippen LogP contribution in [0.5, 0.6) is 0 Å². The molecule has 0 aliphatic rings. The summed E-state index contributed by atoms with van der Waals surface area (Å²) in [4.78, 5) is 19.8. The van der Waals surface area contributed by atoms with E-state index in [1.165, 1.54) is 17.4 Å². The van der Waals surface area contributed by atoms with E-state index in [2.05, 4.69) is 25.8 Å². The van der Waals surface area contributed by atoms with Gasteiger partial charge in [-0.3, -0.25) is 4.79 Å². The van der Waals surface area contributed by atoms with Crippen molar-refractivity contribution < 1.29 is 18.0 Å². The number of amides is 1. The lowest BCUT2D eigenvalue weighted by Crippen LogP contribution is -2.33. The third-order valence-corrected chi connectivity index (χ3v) is 6.55. The van der Waals surface area contributed by atoms with Crippen molar-refractivity contribution in [3.63, 3.8) is 0 Å². The van der Waals surface area contributed by atoms with Crippen LogP contribution in [0.1, 0.15) is 58.5 Å². The largest absolute Gasteiger partial charge is 0.416 e. The Morgan fingerprint density at radius 3 is 2.50 bits per heavy atom. The lowest BCUT2D eigenvalue weighted by Gasteiger charge is -2.24. The Kier molecular flexibility index (Phi) is 7.62. The number of alkyl halides is 3. The molecule has 34 heavy (non-hydrogen) atoms. The molecule has 182 valence electrons. The maximum Gasteiger partial charge on any atom is 0.416 e. The van der Waals surface area contributed by atoms with Gasteiger partial charge in [0.2, 0.25) is 0 Å². The predicted octanol–water partition coefficient (Wildman–Crippen LogP) is 6.89. The molecular formula is C25H27ClF3N3OS.